The molecule has 1 fully saturated rings. The molecule has 0 radical (unpaired) electrons. The van der Waals surface area contributed by atoms with E-state index in [0.29, 0.717) is 10.8 Å². The Bertz CT molecular complexity index is 475. The lowest BCUT2D eigenvalue weighted by atomic mass is 10.0. The minimum Gasteiger partial charge on any atom is -0.385 e. The van der Waals surface area contributed by atoms with Gasteiger partial charge in [0.15, 0.2) is 9.84 Å². The highest BCUT2D eigenvalue weighted by Gasteiger charge is 2.13. The van der Waals surface area contributed by atoms with Crippen LogP contribution >= 0.6 is 0 Å². The van der Waals surface area contributed by atoms with Crippen LogP contribution in [0.2, 0.25) is 0 Å². The van der Waals surface area contributed by atoms with Crippen LogP contribution in [0, 0.1) is 5.92 Å². The zero-order chi connectivity index (χ0) is 13.0. The van der Waals surface area contributed by atoms with E-state index in [2.05, 4.69) is 5.32 Å². The molecule has 5 heteroatoms. The molecular weight excluding hydrogens is 250 g/mol. The quantitative estimate of drug-likeness (QED) is 0.907. The van der Waals surface area contributed by atoms with Crippen molar-refractivity contribution in [3.05, 3.63) is 24.3 Å². The zero-order valence-electron chi connectivity index (χ0n) is 10.6. The highest BCUT2D eigenvalue weighted by atomic mass is 32.2. The molecule has 1 N–H and O–H groups in total. The molecule has 4 nitrogen and oxygen atoms in total. The minimum atomic E-state index is -3.10. The van der Waals surface area contributed by atoms with Crippen molar-refractivity contribution in [3.8, 4) is 0 Å². The molecule has 0 amide bonds. The van der Waals surface area contributed by atoms with Crippen molar-refractivity contribution in [1.82, 2.24) is 0 Å². The Balaban J connectivity index is 1.90. The summed E-state index contributed by atoms with van der Waals surface area (Å²) in [6, 6.07) is 6.91. The summed E-state index contributed by atoms with van der Waals surface area (Å²) in [5.74, 6) is 0.647. The van der Waals surface area contributed by atoms with Crippen molar-refractivity contribution in [1.29, 1.82) is 0 Å². The average molecular weight is 269 g/mol. The van der Waals surface area contributed by atoms with Gasteiger partial charge in [0.2, 0.25) is 0 Å². The van der Waals surface area contributed by atoms with Gasteiger partial charge in [0.05, 0.1) is 4.90 Å². The third kappa shape index (κ3) is 3.71. The average Bonchev–Trinajstić information content (AvgIpc) is 2.37. The van der Waals surface area contributed by atoms with Crippen LogP contribution in [0.5, 0.6) is 0 Å². The Morgan fingerprint density at radius 3 is 2.39 bits per heavy atom. The SMILES string of the molecule is CS(=O)(=O)c1ccc(NCC2CCOCC2)cc1. The van der Waals surface area contributed by atoms with Gasteiger partial charge in [-0.2, -0.15) is 0 Å². The molecular formula is C13H19NO3S. The molecule has 1 heterocycles. The van der Waals surface area contributed by atoms with Crippen LogP contribution in [-0.4, -0.2) is 34.4 Å². The maximum atomic E-state index is 11.3. The zero-order valence-corrected chi connectivity index (χ0v) is 11.4. The van der Waals surface area contributed by atoms with Gasteiger partial charge in [-0.1, -0.05) is 0 Å². The summed E-state index contributed by atoms with van der Waals surface area (Å²) in [4.78, 5) is 0.360. The number of benzene rings is 1. The van der Waals surface area contributed by atoms with Crippen LogP contribution in [0.3, 0.4) is 0 Å². The molecule has 1 aliphatic rings. The number of rotatable bonds is 4. The summed E-state index contributed by atoms with van der Waals surface area (Å²) in [7, 11) is -3.10. The van der Waals surface area contributed by atoms with Gasteiger partial charge in [-0.05, 0) is 43.0 Å². The molecule has 1 aromatic carbocycles. The van der Waals surface area contributed by atoms with Gasteiger partial charge in [-0.15, -0.1) is 0 Å². The molecule has 0 aromatic heterocycles. The maximum absolute atomic E-state index is 11.3. The molecule has 18 heavy (non-hydrogen) atoms. The molecule has 1 aliphatic heterocycles. The Labute approximate surface area is 108 Å². The fourth-order valence-electron chi connectivity index (χ4n) is 2.03. The van der Waals surface area contributed by atoms with Gasteiger partial charge in [0.1, 0.15) is 0 Å². The van der Waals surface area contributed by atoms with Crippen LogP contribution in [-0.2, 0) is 14.6 Å². The smallest absolute Gasteiger partial charge is 0.175 e. The molecule has 1 saturated heterocycles. The monoisotopic (exact) mass is 269 g/mol. The van der Waals surface area contributed by atoms with Gasteiger partial charge in [0.25, 0.3) is 0 Å². The standard InChI is InChI=1S/C13H19NO3S/c1-18(15,16)13-4-2-12(3-5-13)14-10-11-6-8-17-9-7-11/h2-5,11,14H,6-10H2,1H3. The third-order valence-electron chi connectivity index (χ3n) is 3.22. The fraction of sp³-hybridized carbons (Fsp3) is 0.538. The molecule has 0 unspecified atom stereocenters. The van der Waals surface area contributed by atoms with Gasteiger partial charge in [-0.3, -0.25) is 0 Å². The minimum absolute atomic E-state index is 0.360. The van der Waals surface area contributed by atoms with Crippen molar-refractivity contribution in [3.63, 3.8) is 0 Å². The molecule has 100 valence electrons. The number of sulfone groups is 1. The first-order valence-corrected chi connectivity index (χ1v) is 8.06. The van der Waals surface area contributed by atoms with Crippen LogP contribution in [0.1, 0.15) is 12.8 Å². The van der Waals surface area contributed by atoms with Crippen LogP contribution in [0.4, 0.5) is 5.69 Å². The summed E-state index contributed by atoms with van der Waals surface area (Å²) in [5.41, 5.74) is 0.967. The molecule has 1 aromatic rings. The summed E-state index contributed by atoms with van der Waals surface area (Å²) < 4.78 is 27.9. The number of ether oxygens (including phenoxy) is 1. The first kappa shape index (κ1) is 13.4. The summed E-state index contributed by atoms with van der Waals surface area (Å²) >= 11 is 0. The van der Waals surface area contributed by atoms with Gasteiger partial charge in [0, 0.05) is 31.7 Å². The Morgan fingerprint density at radius 1 is 1.22 bits per heavy atom. The van der Waals surface area contributed by atoms with Crippen molar-refractivity contribution >= 4 is 15.5 Å². The second-order valence-corrected chi connectivity index (χ2v) is 6.75. The van der Waals surface area contributed by atoms with E-state index >= 15 is 0 Å². The van der Waals surface area contributed by atoms with Crippen LogP contribution in [0.15, 0.2) is 29.2 Å². The van der Waals surface area contributed by atoms with E-state index in [1.54, 1.807) is 12.1 Å². The van der Waals surface area contributed by atoms with Crippen molar-refractivity contribution < 1.29 is 13.2 Å². The molecule has 0 aliphatic carbocycles. The van der Waals surface area contributed by atoms with E-state index in [-0.39, 0.29) is 0 Å². The second-order valence-electron chi connectivity index (χ2n) is 4.73. The normalized spacial score (nSPS) is 17.6. The third-order valence-corrected chi connectivity index (χ3v) is 4.35. The number of hydrogen-bond acceptors (Lipinski definition) is 4. The lowest BCUT2D eigenvalue weighted by molar-refractivity contribution is 0.0699. The molecule has 2 rings (SSSR count). The second kappa shape index (κ2) is 5.71. The number of anilines is 1. The Morgan fingerprint density at radius 2 is 1.83 bits per heavy atom. The van der Waals surface area contributed by atoms with Crippen LogP contribution in [0.25, 0.3) is 0 Å². The predicted octanol–water partition coefficient (Wildman–Crippen LogP) is 1.93. The van der Waals surface area contributed by atoms with E-state index in [1.807, 2.05) is 12.1 Å². The van der Waals surface area contributed by atoms with E-state index in [1.165, 1.54) is 6.26 Å². The molecule has 0 bridgehead atoms. The number of nitrogens with one attached hydrogen (secondary N) is 1. The van der Waals surface area contributed by atoms with E-state index in [0.717, 1.165) is 38.3 Å². The maximum Gasteiger partial charge on any atom is 0.175 e. The lowest BCUT2D eigenvalue weighted by Crippen LogP contribution is -2.22. The van der Waals surface area contributed by atoms with E-state index < -0.39 is 9.84 Å². The van der Waals surface area contributed by atoms with Gasteiger partial charge < -0.3 is 10.1 Å². The topological polar surface area (TPSA) is 55.4 Å². The summed E-state index contributed by atoms with van der Waals surface area (Å²) in [6.45, 7) is 2.61. The van der Waals surface area contributed by atoms with Crippen LogP contribution < -0.4 is 5.32 Å². The van der Waals surface area contributed by atoms with Crippen molar-refractivity contribution in [2.75, 3.05) is 31.3 Å². The molecule has 0 spiro atoms. The van der Waals surface area contributed by atoms with Gasteiger partial charge in [-0.25, -0.2) is 8.42 Å². The highest BCUT2D eigenvalue weighted by Crippen LogP contribution is 2.17. The fourth-order valence-corrected chi connectivity index (χ4v) is 2.66. The molecule has 0 atom stereocenters. The lowest BCUT2D eigenvalue weighted by Gasteiger charge is -2.22. The highest BCUT2D eigenvalue weighted by molar-refractivity contribution is 7.90. The van der Waals surface area contributed by atoms with Crippen molar-refractivity contribution in [2.45, 2.75) is 17.7 Å². The Kier molecular flexibility index (Phi) is 4.24. The first-order valence-electron chi connectivity index (χ1n) is 6.17. The molecule has 0 saturated carbocycles. The number of hydrogen-bond donors (Lipinski definition) is 1. The van der Waals surface area contributed by atoms with Crippen molar-refractivity contribution in [2.24, 2.45) is 5.92 Å². The summed E-state index contributed by atoms with van der Waals surface area (Å²) in [5, 5.41) is 3.34. The van der Waals surface area contributed by atoms with Gasteiger partial charge >= 0.3 is 0 Å². The largest absolute Gasteiger partial charge is 0.385 e. The van der Waals surface area contributed by atoms with E-state index in [4.69, 9.17) is 4.74 Å². The Hall–Kier alpha value is -1.07. The summed E-state index contributed by atoms with van der Waals surface area (Å²) in [6.07, 6.45) is 3.40. The first-order chi connectivity index (χ1) is 8.55. The van der Waals surface area contributed by atoms with E-state index in [9.17, 15) is 8.42 Å². The predicted molar refractivity (Wildman–Crippen MR) is 71.6 cm³/mol.